The Bertz CT molecular complexity index is 725. The van der Waals surface area contributed by atoms with E-state index in [0.29, 0.717) is 0 Å². The van der Waals surface area contributed by atoms with Crippen molar-refractivity contribution in [3.05, 3.63) is 39.8 Å². The summed E-state index contributed by atoms with van der Waals surface area (Å²) < 4.78 is 39.6. The van der Waals surface area contributed by atoms with E-state index in [1.807, 2.05) is 0 Å². The summed E-state index contributed by atoms with van der Waals surface area (Å²) in [5.41, 5.74) is 0.0803. The van der Waals surface area contributed by atoms with Gasteiger partial charge in [-0.05, 0) is 12.1 Å². The maximum absolute atomic E-state index is 13.2. The number of nitrogens with one attached hydrogen (secondary N) is 2. The minimum atomic E-state index is -4.03. The molecule has 0 atom stereocenters. The number of aromatic nitrogens is 2. The molecule has 6 nitrogen and oxygen atoms in total. The van der Waals surface area contributed by atoms with Gasteiger partial charge in [0.2, 0.25) is 0 Å². The van der Waals surface area contributed by atoms with Crippen LogP contribution in [0.25, 0.3) is 0 Å². The van der Waals surface area contributed by atoms with Crippen LogP contribution >= 0.6 is 23.2 Å². The van der Waals surface area contributed by atoms with Crippen LogP contribution in [0.1, 0.15) is 5.56 Å². The molecule has 0 unspecified atom stereocenters. The summed E-state index contributed by atoms with van der Waals surface area (Å²) >= 11 is 11.2. The molecule has 1 aromatic carbocycles. The lowest BCUT2D eigenvalue weighted by atomic mass is 10.3. The minimum Gasteiger partial charge on any atom is -0.392 e. The maximum atomic E-state index is 13.2. The largest absolute Gasteiger partial charge is 0.392 e. The molecular weight excluding hydrogens is 332 g/mol. The van der Waals surface area contributed by atoms with E-state index in [0.717, 1.165) is 12.1 Å². The van der Waals surface area contributed by atoms with Crippen molar-refractivity contribution in [1.82, 2.24) is 10.2 Å². The number of anilines is 1. The molecule has 10 heteroatoms. The summed E-state index contributed by atoms with van der Waals surface area (Å²) in [6.07, 6.45) is 1.18. The number of benzene rings is 1. The standard InChI is InChI=1S/C10H8Cl2FN3O3S/c11-7-1-6(2-8(12)9(7)13)16-20(18,19)10-5(4-17)3-14-15-10/h1-3,16-17H,4H2,(H,14,15). The number of aromatic amines is 1. The highest BCUT2D eigenvalue weighted by molar-refractivity contribution is 7.92. The van der Waals surface area contributed by atoms with Crippen molar-refractivity contribution in [2.24, 2.45) is 0 Å². The Morgan fingerprint density at radius 3 is 2.50 bits per heavy atom. The highest BCUT2D eigenvalue weighted by Crippen LogP contribution is 2.28. The fourth-order valence-corrected chi connectivity index (χ4v) is 3.12. The number of rotatable bonds is 4. The molecule has 0 bridgehead atoms. The van der Waals surface area contributed by atoms with Crippen LogP contribution in [-0.4, -0.2) is 23.7 Å². The summed E-state index contributed by atoms with van der Waals surface area (Å²) in [5, 5.41) is 13.9. The number of H-pyrrole nitrogens is 1. The molecule has 0 amide bonds. The molecule has 0 radical (unpaired) electrons. The lowest BCUT2D eigenvalue weighted by Gasteiger charge is -2.09. The fourth-order valence-electron chi connectivity index (χ4n) is 1.47. The number of hydrogen-bond donors (Lipinski definition) is 3. The van der Waals surface area contributed by atoms with Gasteiger partial charge < -0.3 is 5.11 Å². The van der Waals surface area contributed by atoms with Gasteiger partial charge in [0.25, 0.3) is 10.0 Å². The van der Waals surface area contributed by atoms with Gasteiger partial charge in [-0.3, -0.25) is 9.82 Å². The third kappa shape index (κ3) is 2.88. The van der Waals surface area contributed by atoms with Gasteiger partial charge in [-0.2, -0.15) is 13.5 Å². The molecule has 1 aromatic heterocycles. The molecule has 0 aliphatic carbocycles. The summed E-state index contributed by atoms with van der Waals surface area (Å²) in [4.78, 5) is 0. The van der Waals surface area contributed by atoms with Gasteiger partial charge in [0, 0.05) is 5.56 Å². The number of nitrogens with zero attached hydrogens (tertiary/aromatic N) is 1. The van der Waals surface area contributed by atoms with E-state index < -0.39 is 22.4 Å². The number of hydrogen-bond acceptors (Lipinski definition) is 4. The van der Waals surface area contributed by atoms with Crippen LogP contribution in [0.2, 0.25) is 10.0 Å². The Balaban J connectivity index is 2.39. The summed E-state index contributed by atoms with van der Waals surface area (Å²) in [6.45, 7) is -0.502. The summed E-state index contributed by atoms with van der Waals surface area (Å²) in [5.74, 6) is -0.839. The molecule has 2 aromatic rings. The molecule has 0 aliphatic heterocycles. The van der Waals surface area contributed by atoms with E-state index >= 15 is 0 Å². The highest BCUT2D eigenvalue weighted by Gasteiger charge is 2.21. The molecule has 1 heterocycles. The second kappa shape index (κ2) is 5.57. The van der Waals surface area contributed by atoms with Gasteiger partial charge in [-0.1, -0.05) is 23.2 Å². The van der Waals surface area contributed by atoms with E-state index in [9.17, 15) is 12.8 Å². The second-order valence-corrected chi connectivity index (χ2v) is 6.18. The average Bonchev–Trinajstić information content (AvgIpc) is 2.84. The fraction of sp³-hybridized carbons (Fsp3) is 0.100. The van der Waals surface area contributed by atoms with Crippen LogP contribution in [0.4, 0.5) is 10.1 Å². The van der Waals surface area contributed by atoms with Crippen molar-refractivity contribution in [2.75, 3.05) is 4.72 Å². The van der Waals surface area contributed by atoms with Gasteiger partial charge in [0.05, 0.1) is 28.5 Å². The van der Waals surface area contributed by atoms with Crippen LogP contribution in [0.3, 0.4) is 0 Å². The number of aliphatic hydroxyl groups excluding tert-OH is 1. The Labute approximate surface area is 123 Å². The molecule has 0 aliphatic rings. The Morgan fingerprint density at radius 1 is 1.35 bits per heavy atom. The first-order chi connectivity index (χ1) is 9.35. The molecule has 108 valence electrons. The van der Waals surface area contributed by atoms with E-state index in [4.69, 9.17) is 28.3 Å². The first kappa shape index (κ1) is 15.0. The van der Waals surface area contributed by atoms with Gasteiger partial charge in [0.15, 0.2) is 10.8 Å². The van der Waals surface area contributed by atoms with Crippen LogP contribution in [0.15, 0.2) is 23.4 Å². The van der Waals surface area contributed by atoms with E-state index in [2.05, 4.69) is 14.9 Å². The van der Waals surface area contributed by atoms with Crippen molar-refractivity contribution < 1.29 is 17.9 Å². The molecule has 2 rings (SSSR count). The third-order valence-electron chi connectivity index (χ3n) is 2.35. The van der Waals surface area contributed by atoms with Crippen molar-refractivity contribution in [2.45, 2.75) is 11.6 Å². The second-order valence-electron chi connectivity index (χ2n) is 3.74. The first-order valence-corrected chi connectivity index (χ1v) is 7.39. The first-order valence-electron chi connectivity index (χ1n) is 5.15. The molecule has 0 saturated heterocycles. The zero-order valence-corrected chi connectivity index (χ0v) is 12.0. The van der Waals surface area contributed by atoms with E-state index in [1.165, 1.54) is 6.20 Å². The minimum absolute atomic E-state index is 0.0140. The maximum Gasteiger partial charge on any atom is 0.279 e. The van der Waals surface area contributed by atoms with E-state index in [1.54, 1.807) is 0 Å². The SMILES string of the molecule is O=S(=O)(Nc1cc(Cl)c(F)c(Cl)c1)c1[nH]ncc1CO. The monoisotopic (exact) mass is 339 g/mol. The van der Waals surface area contributed by atoms with Crippen LogP contribution in [0.5, 0.6) is 0 Å². The quantitative estimate of drug-likeness (QED) is 0.743. The topological polar surface area (TPSA) is 95.1 Å². The van der Waals surface area contributed by atoms with Crippen molar-refractivity contribution in [3.8, 4) is 0 Å². The number of sulfonamides is 1. The zero-order valence-electron chi connectivity index (χ0n) is 9.69. The predicted molar refractivity (Wildman–Crippen MR) is 71.7 cm³/mol. The lowest BCUT2D eigenvalue weighted by Crippen LogP contribution is -2.15. The Hall–Kier alpha value is -1.35. The smallest absolute Gasteiger partial charge is 0.279 e. The molecule has 3 N–H and O–H groups in total. The molecule has 0 saturated carbocycles. The van der Waals surface area contributed by atoms with Gasteiger partial charge in [-0.15, -0.1) is 0 Å². The van der Waals surface area contributed by atoms with Gasteiger partial charge >= 0.3 is 0 Å². The number of halogens is 3. The summed E-state index contributed by atoms with van der Waals surface area (Å²) in [6, 6.07) is 2.16. The van der Waals surface area contributed by atoms with Crippen molar-refractivity contribution in [3.63, 3.8) is 0 Å². The van der Waals surface area contributed by atoms with Gasteiger partial charge in [0.1, 0.15) is 0 Å². The molecule has 0 fully saturated rings. The van der Waals surface area contributed by atoms with Crippen molar-refractivity contribution in [1.29, 1.82) is 0 Å². The Morgan fingerprint density at radius 2 is 1.95 bits per heavy atom. The molecule has 0 spiro atoms. The average molecular weight is 340 g/mol. The molecular formula is C10H8Cl2FN3O3S. The lowest BCUT2D eigenvalue weighted by molar-refractivity contribution is 0.278. The molecule has 20 heavy (non-hydrogen) atoms. The van der Waals surface area contributed by atoms with Crippen LogP contribution in [0, 0.1) is 5.82 Å². The van der Waals surface area contributed by atoms with Crippen LogP contribution < -0.4 is 4.72 Å². The number of aliphatic hydroxyl groups is 1. The summed E-state index contributed by atoms with van der Waals surface area (Å²) in [7, 11) is -4.03. The zero-order chi connectivity index (χ0) is 14.9. The normalized spacial score (nSPS) is 11.6. The predicted octanol–water partition coefficient (Wildman–Crippen LogP) is 2.15. The highest BCUT2D eigenvalue weighted by atomic mass is 35.5. The van der Waals surface area contributed by atoms with E-state index in [-0.39, 0.29) is 26.3 Å². The van der Waals surface area contributed by atoms with Crippen molar-refractivity contribution >= 4 is 38.9 Å². The Kier molecular flexibility index (Phi) is 4.19. The van der Waals surface area contributed by atoms with Crippen LogP contribution in [-0.2, 0) is 16.6 Å². The third-order valence-corrected chi connectivity index (χ3v) is 4.30. The van der Waals surface area contributed by atoms with Gasteiger partial charge in [-0.25, -0.2) is 4.39 Å².